The van der Waals surface area contributed by atoms with Crippen molar-refractivity contribution in [3.8, 4) is 27.8 Å². The third-order valence-electron chi connectivity index (χ3n) is 4.80. The number of aromatic nitrogens is 4. The molecule has 2 aromatic heterocycles. The van der Waals surface area contributed by atoms with Gasteiger partial charge in [0.25, 0.3) is 5.91 Å². The summed E-state index contributed by atoms with van der Waals surface area (Å²) >= 11 is 1.46. The molecule has 2 heterocycles. The van der Waals surface area contributed by atoms with E-state index in [1.54, 1.807) is 16.6 Å². The van der Waals surface area contributed by atoms with Gasteiger partial charge in [-0.25, -0.2) is 0 Å². The summed E-state index contributed by atoms with van der Waals surface area (Å²) in [5.41, 5.74) is 2.93. The van der Waals surface area contributed by atoms with Crippen molar-refractivity contribution in [1.29, 1.82) is 0 Å². The van der Waals surface area contributed by atoms with Gasteiger partial charge in [0.1, 0.15) is 5.01 Å². The van der Waals surface area contributed by atoms with E-state index < -0.39 is 0 Å². The monoisotopic (exact) mass is 439 g/mol. The number of benzene rings is 2. The molecule has 0 fully saturated rings. The minimum absolute atomic E-state index is 0.287. The van der Waals surface area contributed by atoms with Gasteiger partial charge in [-0.3, -0.25) is 4.79 Å². The van der Waals surface area contributed by atoms with Crippen LogP contribution in [0.2, 0.25) is 0 Å². The van der Waals surface area contributed by atoms with Gasteiger partial charge in [-0.05, 0) is 49.7 Å². The molecule has 160 valence electrons. The molecular weight excluding hydrogens is 418 g/mol. The van der Waals surface area contributed by atoms with E-state index in [-0.39, 0.29) is 5.91 Å². The quantitative estimate of drug-likeness (QED) is 0.488. The zero-order valence-electron chi connectivity index (χ0n) is 17.7. The van der Waals surface area contributed by atoms with Crippen LogP contribution in [-0.4, -0.2) is 47.0 Å². The van der Waals surface area contributed by atoms with Crippen LogP contribution in [0.4, 0.5) is 5.69 Å². The Morgan fingerprint density at radius 2 is 1.71 bits per heavy atom. The number of nitrogens with zero attached hydrogens (tertiary/aromatic N) is 4. The van der Waals surface area contributed by atoms with E-state index in [0.29, 0.717) is 28.5 Å². The van der Waals surface area contributed by atoms with E-state index in [4.69, 9.17) is 14.2 Å². The van der Waals surface area contributed by atoms with Gasteiger partial charge in [0.15, 0.2) is 17.3 Å². The lowest BCUT2D eigenvalue weighted by Crippen LogP contribution is -2.13. The fourth-order valence-electron chi connectivity index (χ4n) is 3.18. The standard InChI is InChI=1S/C21H21N5O4S/c1-11-8-13(20-25-26-12(2)23-24-21(26)31-20)6-7-15(11)22-19(27)14-9-16(28-3)18(30-5)17(10-14)29-4/h6-10H,1-5H3,(H,22,27). The van der Waals surface area contributed by atoms with Gasteiger partial charge in [-0.15, -0.1) is 10.2 Å². The third-order valence-corrected chi connectivity index (χ3v) is 5.74. The maximum atomic E-state index is 12.9. The van der Waals surface area contributed by atoms with Gasteiger partial charge in [0.2, 0.25) is 10.7 Å². The van der Waals surface area contributed by atoms with Gasteiger partial charge in [-0.2, -0.15) is 9.61 Å². The molecular formula is C21H21N5O4S. The molecule has 9 nitrogen and oxygen atoms in total. The van der Waals surface area contributed by atoms with Crippen LogP contribution >= 0.6 is 11.3 Å². The molecule has 0 aliphatic heterocycles. The van der Waals surface area contributed by atoms with Gasteiger partial charge >= 0.3 is 0 Å². The number of ether oxygens (including phenoxy) is 3. The summed E-state index contributed by atoms with van der Waals surface area (Å²) in [5.74, 6) is 1.71. The maximum Gasteiger partial charge on any atom is 0.255 e. The smallest absolute Gasteiger partial charge is 0.255 e. The number of aryl methyl sites for hydroxylation is 2. The fraction of sp³-hybridized carbons (Fsp3) is 0.238. The minimum Gasteiger partial charge on any atom is -0.493 e. The van der Waals surface area contributed by atoms with Crippen LogP contribution in [0.25, 0.3) is 15.5 Å². The van der Waals surface area contributed by atoms with E-state index in [0.717, 1.165) is 26.9 Å². The fourth-order valence-corrected chi connectivity index (χ4v) is 4.06. The minimum atomic E-state index is -0.287. The Bertz CT molecular complexity index is 1260. The van der Waals surface area contributed by atoms with Crippen molar-refractivity contribution in [3.05, 3.63) is 47.3 Å². The Morgan fingerprint density at radius 3 is 2.29 bits per heavy atom. The van der Waals surface area contributed by atoms with Gasteiger partial charge in [0, 0.05) is 16.8 Å². The lowest BCUT2D eigenvalue weighted by Gasteiger charge is -2.15. The lowest BCUT2D eigenvalue weighted by molar-refractivity contribution is 0.102. The number of carbonyl (C=O) groups excluding carboxylic acids is 1. The highest BCUT2D eigenvalue weighted by atomic mass is 32.1. The summed E-state index contributed by atoms with van der Waals surface area (Å²) < 4.78 is 17.7. The molecule has 4 rings (SSSR count). The number of carbonyl (C=O) groups is 1. The molecule has 0 aliphatic rings. The maximum absolute atomic E-state index is 12.9. The van der Waals surface area contributed by atoms with Crippen LogP contribution in [0.1, 0.15) is 21.7 Å². The van der Waals surface area contributed by atoms with Crippen molar-refractivity contribution in [2.45, 2.75) is 13.8 Å². The number of hydrogen-bond donors (Lipinski definition) is 1. The third kappa shape index (κ3) is 3.77. The largest absolute Gasteiger partial charge is 0.493 e. The average Bonchev–Trinajstić information content (AvgIpc) is 3.35. The van der Waals surface area contributed by atoms with Gasteiger partial charge in [-0.1, -0.05) is 11.3 Å². The number of nitrogens with one attached hydrogen (secondary N) is 1. The Labute approximate surface area is 182 Å². The first-order valence-electron chi connectivity index (χ1n) is 9.36. The first kappa shape index (κ1) is 20.6. The second-order valence-electron chi connectivity index (χ2n) is 6.75. The molecule has 0 aliphatic carbocycles. The summed E-state index contributed by atoms with van der Waals surface area (Å²) in [6, 6.07) is 8.98. The van der Waals surface area contributed by atoms with E-state index in [1.165, 1.54) is 32.7 Å². The average molecular weight is 439 g/mol. The first-order valence-corrected chi connectivity index (χ1v) is 10.2. The van der Waals surface area contributed by atoms with Crippen molar-refractivity contribution < 1.29 is 19.0 Å². The van der Waals surface area contributed by atoms with Crippen molar-refractivity contribution in [3.63, 3.8) is 0 Å². The molecule has 31 heavy (non-hydrogen) atoms. The van der Waals surface area contributed by atoms with Gasteiger partial charge in [0.05, 0.1) is 21.3 Å². The lowest BCUT2D eigenvalue weighted by atomic mass is 10.1. The predicted molar refractivity (Wildman–Crippen MR) is 118 cm³/mol. The summed E-state index contributed by atoms with van der Waals surface area (Å²) in [6.07, 6.45) is 0. The predicted octanol–water partition coefficient (Wildman–Crippen LogP) is 3.75. The van der Waals surface area contributed by atoms with Gasteiger partial charge < -0.3 is 19.5 Å². The highest BCUT2D eigenvalue weighted by molar-refractivity contribution is 7.19. The molecule has 1 amide bonds. The molecule has 0 saturated heterocycles. The zero-order chi connectivity index (χ0) is 22.1. The second kappa shape index (κ2) is 8.23. The molecule has 10 heteroatoms. The van der Waals surface area contributed by atoms with Crippen molar-refractivity contribution in [1.82, 2.24) is 19.8 Å². The summed E-state index contributed by atoms with van der Waals surface area (Å²) in [6.45, 7) is 3.79. The first-order chi connectivity index (χ1) is 14.9. The Morgan fingerprint density at radius 1 is 1.00 bits per heavy atom. The van der Waals surface area contributed by atoms with Crippen LogP contribution in [-0.2, 0) is 0 Å². The summed E-state index contributed by atoms with van der Waals surface area (Å²) in [5, 5.41) is 16.4. The number of rotatable bonds is 6. The molecule has 0 spiro atoms. The molecule has 2 aromatic carbocycles. The van der Waals surface area contributed by atoms with Crippen LogP contribution in [0.5, 0.6) is 17.2 Å². The van der Waals surface area contributed by atoms with Crippen LogP contribution in [0.3, 0.4) is 0 Å². The molecule has 0 saturated carbocycles. The van der Waals surface area contributed by atoms with E-state index in [1.807, 2.05) is 32.0 Å². The highest BCUT2D eigenvalue weighted by Crippen LogP contribution is 2.38. The SMILES string of the molecule is COc1cc(C(=O)Nc2ccc(-c3nn4c(C)nnc4s3)cc2C)cc(OC)c1OC. The van der Waals surface area contributed by atoms with E-state index in [9.17, 15) is 4.79 Å². The molecule has 0 radical (unpaired) electrons. The number of anilines is 1. The van der Waals surface area contributed by atoms with Crippen LogP contribution in [0, 0.1) is 13.8 Å². The molecule has 1 N–H and O–H groups in total. The number of methoxy groups -OCH3 is 3. The number of amides is 1. The van der Waals surface area contributed by atoms with Crippen LogP contribution < -0.4 is 19.5 Å². The van der Waals surface area contributed by atoms with Crippen molar-refractivity contribution in [2.75, 3.05) is 26.6 Å². The Kier molecular flexibility index (Phi) is 5.47. The number of hydrogen-bond acceptors (Lipinski definition) is 8. The summed E-state index contributed by atoms with van der Waals surface area (Å²) in [7, 11) is 4.54. The Balaban J connectivity index is 1.60. The van der Waals surface area contributed by atoms with Crippen molar-refractivity contribution in [2.24, 2.45) is 0 Å². The van der Waals surface area contributed by atoms with Crippen LogP contribution in [0.15, 0.2) is 30.3 Å². The topological polar surface area (TPSA) is 99.9 Å². The van der Waals surface area contributed by atoms with Crippen molar-refractivity contribution >= 4 is 27.9 Å². The molecule has 0 unspecified atom stereocenters. The molecule has 4 aromatic rings. The second-order valence-corrected chi connectivity index (χ2v) is 7.70. The van der Waals surface area contributed by atoms with E-state index >= 15 is 0 Å². The molecule has 0 bridgehead atoms. The van der Waals surface area contributed by atoms with E-state index in [2.05, 4.69) is 20.6 Å². The Hall–Kier alpha value is -3.66. The normalized spacial score (nSPS) is 10.9. The highest BCUT2D eigenvalue weighted by Gasteiger charge is 2.18. The number of fused-ring (bicyclic) bond motifs is 1. The molecule has 0 atom stereocenters. The zero-order valence-corrected chi connectivity index (χ0v) is 18.5. The summed E-state index contributed by atoms with van der Waals surface area (Å²) in [4.78, 5) is 13.6.